The van der Waals surface area contributed by atoms with Crippen molar-refractivity contribution < 1.29 is 38.7 Å². The van der Waals surface area contributed by atoms with E-state index in [9.17, 15) is 14.4 Å². The number of aliphatic hydroxyl groups is 1. The third-order valence-electron chi connectivity index (χ3n) is 1.80. The Bertz CT molecular complexity index is 322. The molecule has 0 aromatic heterocycles. The normalized spacial score (nSPS) is 32.4. The Hall–Kier alpha value is -1.51. The first-order valence-electron chi connectivity index (χ1n) is 4.24. The van der Waals surface area contributed by atoms with Crippen LogP contribution in [0.3, 0.4) is 0 Å². The molecular formula is C8H10O8. The maximum absolute atomic E-state index is 10.8. The van der Waals surface area contributed by atoms with Gasteiger partial charge in [-0.1, -0.05) is 0 Å². The van der Waals surface area contributed by atoms with Crippen molar-refractivity contribution in [1.82, 2.24) is 0 Å². The van der Waals surface area contributed by atoms with Gasteiger partial charge in [-0.25, -0.2) is 0 Å². The van der Waals surface area contributed by atoms with E-state index in [0.29, 0.717) is 0 Å². The fourth-order valence-electron chi connectivity index (χ4n) is 1.15. The van der Waals surface area contributed by atoms with Crippen molar-refractivity contribution in [1.29, 1.82) is 0 Å². The van der Waals surface area contributed by atoms with Gasteiger partial charge in [0.2, 0.25) is 6.29 Å². The summed E-state index contributed by atoms with van der Waals surface area (Å²) in [5.41, 5.74) is 0. The number of ether oxygens (including phenoxy) is 2. The molecule has 0 radical (unpaired) electrons. The van der Waals surface area contributed by atoms with Crippen molar-refractivity contribution >= 4 is 18.2 Å². The average molecular weight is 234 g/mol. The topological polar surface area (TPSA) is 108 Å². The lowest BCUT2D eigenvalue weighted by atomic mass is 10.1. The van der Waals surface area contributed by atoms with Crippen LogP contribution in [-0.4, -0.2) is 41.5 Å². The minimum absolute atomic E-state index is 0.0665. The zero-order valence-corrected chi connectivity index (χ0v) is 8.59. The third kappa shape index (κ3) is 1.77. The second-order valence-corrected chi connectivity index (χ2v) is 3.05. The summed E-state index contributed by atoms with van der Waals surface area (Å²) < 4.78 is 9.13. The molecule has 0 amide bonds. The van der Waals surface area contributed by atoms with E-state index in [1.54, 1.807) is 0 Å². The Morgan fingerprint density at radius 1 is 1.25 bits per heavy atom. The first-order chi connectivity index (χ1) is 7.41. The molecule has 1 aliphatic heterocycles. The molecule has 1 heterocycles. The quantitative estimate of drug-likeness (QED) is 0.361. The number of carbonyl (C=O) groups excluding carboxylic acids is 3. The molecule has 0 spiro atoms. The van der Waals surface area contributed by atoms with E-state index in [4.69, 9.17) is 5.11 Å². The molecule has 1 fully saturated rings. The summed E-state index contributed by atoms with van der Waals surface area (Å²) >= 11 is 0. The number of rotatable bonds is 4. The van der Waals surface area contributed by atoms with Crippen LogP contribution in [0.15, 0.2) is 0 Å². The van der Waals surface area contributed by atoms with Crippen LogP contribution in [0.2, 0.25) is 0 Å². The van der Waals surface area contributed by atoms with E-state index in [1.807, 2.05) is 0 Å². The molecule has 90 valence electrons. The highest BCUT2D eigenvalue weighted by Crippen LogP contribution is 2.41. The molecule has 0 bridgehead atoms. The van der Waals surface area contributed by atoms with Crippen molar-refractivity contribution in [2.45, 2.75) is 25.4 Å². The molecule has 0 aromatic carbocycles. The second-order valence-electron chi connectivity index (χ2n) is 3.05. The summed E-state index contributed by atoms with van der Waals surface area (Å²) in [7, 11) is 0. The van der Waals surface area contributed by atoms with Crippen LogP contribution in [-0.2, 0) is 33.6 Å². The fourth-order valence-corrected chi connectivity index (χ4v) is 1.15. The van der Waals surface area contributed by atoms with Gasteiger partial charge >= 0.3 is 23.5 Å². The van der Waals surface area contributed by atoms with E-state index < -0.39 is 30.1 Å². The van der Waals surface area contributed by atoms with Gasteiger partial charge in [0, 0.05) is 13.8 Å². The summed E-state index contributed by atoms with van der Waals surface area (Å²) in [6.45, 7) is 1.14. The zero-order chi connectivity index (χ0) is 12.4. The van der Waals surface area contributed by atoms with Crippen molar-refractivity contribution in [2.24, 2.45) is 0 Å². The van der Waals surface area contributed by atoms with Crippen LogP contribution in [0.5, 0.6) is 0 Å². The van der Waals surface area contributed by atoms with E-state index in [2.05, 4.69) is 19.2 Å². The number of aldehydes is 1. The molecule has 0 aromatic rings. The van der Waals surface area contributed by atoms with Gasteiger partial charge in [-0.05, 0) is 0 Å². The molecule has 16 heavy (non-hydrogen) atoms. The van der Waals surface area contributed by atoms with Crippen LogP contribution in [0.25, 0.3) is 0 Å². The van der Waals surface area contributed by atoms with Crippen LogP contribution < -0.4 is 0 Å². The van der Waals surface area contributed by atoms with Gasteiger partial charge in [0.05, 0.1) is 0 Å². The van der Waals surface area contributed by atoms with Gasteiger partial charge in [-0.15, -0.1) is 0 Å². The fraction of sp³-hybridized carbons (Fsp3) is 0.625. The first-order valence-corrected chi connectivity index (χ1v) is 4.24. The summed E-state index contributed by atoms with van der Waals surface area (Å²) in [5, 5.41) is 9.03. The van der Waals surface area contributed by atoms with Crippen molar-refractivity contribution in [3.8, 4) is 0 Å². The smallest absolute Gasteiger partial charge is 0.369 e. The van der Waals surface area contributed by atoms with Gasteiger partial charge in [-0.2, -0.15) is 9.78 Å². The van der Waals surface area contributed by atoms with Crippen LogP contribution in [0.4, 0.5) is 0 Å². The van der Waals surface area contributed by atoms with E-state index in [-0.39, 0.29) is 6.29 Å². The average Bonchev–Trinajstić information content (AvgIpc) is 2.20. The molecule has 1 rings (SSSR count). The lowest BCUT2D eigenvalue weighted by Gasteiger charge is -2.48. The molecule has 1 saturated heterocycles. The minimum atomic E-state index is -2.26. The van der Waals surface area contributed by atoms with E-state index in [0.717, 1.165) is 13.8 Å². The standard InChI is InChI=1S/C8H10O8/c1-5(11)13-7(3-9)8(4-10,16-15-7)14-6(2)12/h3,10H,4H2,1-2H3. The molecule has 2 unspecified atom stereocenters. The largest absolute Gasteiger partial charge is 0.421 e. The number of hydrogen-bond donors (Lipinski definition) is 1. The number of hydrogen-bond acceptors (Lipinski definition) is 8. The number of carbonyl (C=O) groups is 3. The highest BCUT2D eigenvalue weighted by atomic mass is 17.3. The Balaban J connectivity index is 2.96. The molecule has 1 aliphatic rings. The molecular weight excluding hydrogens is 224 g/mol. The summed E-state index contributed by atoms with van der Waals surface area (Å²) in [5.74, 6) is -6.11. The van der Waals surface area contributed by atoms with Crippen LogP contribution in [0, 0.1) is 0 Å². The highest BCUT2D eigenvalue weighted by Gasteiger charge is 2.71. The van der Waals surface area contributed by atoms with Crippen molar-refractivity contribution in [2.75, 3.05) is 6.61 Å². The highest BCUT2D eigenvalue weighted by molar-refractivity contribution is 5.74. The van der Waals surface area contributed by atoms with Gasteiger partial charge < -0.3 is 14.6 Å². The van der Waals surface area contributed by atoms with Crippen LogP contribution >= 0.6 is 0 Å². The van der Waals surface area contributed by atoms with Gasteiger partial charge in [0.25, 0.3) is 0 Å². The molecule has 2 atom stereocenters. The zero-order valence-electron chi connectivity index (χ0n) is 8.59. The molecule has 1 N–H and O–H groups in total. The predicted octanol–water partition coefficient (Wildman–Crippen LogP) is -1.34. The minimum Gasteiger partial charge on any atom is -0.421 e. The number of aliphatic hydroxyl groups excluding tert-OH is 1. The summed E-state index contributed by atoms with van der Waals surface area (Å²) in [6, 6.07) is 0. The van der Waals surface area contributed by atoms with Gasteiger partial charge in [0.15, 0.2) is 0 Å². The Labute approximate surface area is 90.0 Å². The van der Waals surface area contributed by atoms with Crippen LogP contribution in [0.1, 0.15) is 13.8 Å². The number of esters is 2. The Morgan fingerprint density at radius 2 is 1.81 bits per heavy atom. The van der Waals surface area contributed by atoms with E-state index in [1.165, 1.54) is 0 Å². The first kappa shape index (κ1) is 12.6. The lowest BCUT2D eigenvalue weighted by Crippen LogP contribution is -2.73. The van der Waals surface area contributed by atoms with Gasteiger partial charge in [0.1, 0.15) is 6.61 Å². The summed E-state index contributed by atoms with van der Waals surface area (Å²) in [6.07, 6.45) is 0.0665. The Kier molecular flexibility index (Phi) is 3.27. The van der Waals surface area contributed by atoms with Crippen molar-refractivity contribution in [3.63, 3.8) is 0 Å². The van der Waals surface area contributed by atoms with Crippen molar-refractivity contribution in [3.05, 3.63) is 0 Å². The molecule has 8 heteroatoms. The Morgan fingerprint density at radius 3 is 2.06 bits per heavy atom. The van der Waals surface area contributed by atoms with Gasteiger partial charge in [-0.3, -0.25) is 14.4 Å². The summed E-state index contributed by atoms with van der Waals surface area (Å²) in [4.78, 5) is 41.1. The third-order valence-corrected chi connectivity index (χ3v) is 1.80. The SMILES string of the molecule is CC(=O)OC1(C=O)OOC1(CO)OC(C)=O. The van der Waals surface area contributed by atoms with E-state index >= 15 is 0 Å². The molecule has 8 nitrogen and oxygen atoms in total. The predicted molar refractivity (Wildman–Crippen MR) is 44.3 cm³/mol. The maximum Gasteiger partial charge on any atom is 0.369 e. The second kappa shape index (κ2) is 4.16. The lowest BCUT2D eigenvalue weighted by molar-refractivity contribution is -0.628. The molecule has 0 aliphatic carbocycles. The maximum atomic E-state index is 10.8. The molecule has 0 saturated carbocycles. The monoisotopic (exact) mass is 234 g/mol.